The molecule has 0 aliphatic heterocycles. The van der Waals surface area contributed by atoms with E-state index in [0.717, 1.165) is 10.9 Å². The average molecular weight is 608 g/mol. The maximum atomic E-state index is 13.6. The molecular formula is C30H37N7O7. The maximum Gasteiger partial charge on any atom is 0.326 e. The standard InChI is InChI=1S/C30H37N7O7/c31-20(10-12-25(32)38)27(40)36-23(15-18-16-34-21-9-5-4-8-19(18)21)29(42)35-22(11-13-26(33)39)28(41)37-24(30(43)44)14-17-6-2-1-3-7-17/h1-9,16,20,22-24,34H,10-15,31H2,(H2,32,38)(H2,33,39)(H,35,42)(H,36,40)(H,37,41)(H,43,44). The summed E-state index contributed by atoms with van der Waals surface area (Å²) in [6, 6.07) is 10.9. The summed E-state index contributed by atoms with van der Waals surface area (Å²) < 4.78 is 0. The minimum absolute atomic E-state index is 0.0138. The van der Waals surface area contributed by atoms with Gasteiger partial charge in [0.1, 0.15) is 18.1 Å². The zero-order chi connectivity index (χ0) is 32.2. The van der Waals surface area contributed by atoms with Crippen molar-refractivity contribution < 1.29 is 33.9 Å². The quantitative estimate of drug-likeness (QED) is 0.0976. The van der Waals surface area contributed by atoms with Crippen molar-refractivity contribution >= 4 is 46.4 Å². The number of fused-ring (bicyclic) bond motifs is 1. The van der Waals surface area contributed by atoms with E-state index in [9.17, 15) is 33.9 Å². The monoisotopic (exact) mass is 607 g/mol. The first-order valence-corrected chi connectivity index (χ1v) is 14.0. The minimum atomic E-state index is -1.36. The number of primary amides is 2. The highest BCUT2D eigenvalue weighted by Gasteiger charge is 2.31. The maximum absolute atomic E-state index is 13.6. The van der Waals surface area contributed by atoms with Gasteiger partial charge in [0.05, 0.1) is 6.04 Å². The number of aromatic amines is 1. The molecule has 234 valence electrons. The second-order valence-electron chi connectivity index (χ2n) is 10.4. The van der Waals surface area contributed by atoms with Crippen LogP contribution in [0.3, 0.4) is 0 Å². The number of carbonyl (C=O) groups excluding carboxylic acids is 5. The van der Waals surface area contributed by atoms with E-state index in [1.807, 2.05) is 24.3 Å². The van der Waals surface area contributed by atoms with Crippen LogP contribution in [0.2, 0.25) is 0 Å². The van der Waals surface area contributed by atoms with Gasteiger partial charge in [0.15, 0.2) is 0 Å². The smallest absolute Gasteiger partial charge is 0.326 e. The van der Waals surface area contributed by atoms with Gasteiger partial charge in [0.25, 0.3) is 0 Å². The number of amides is 5. The fraction of sp³-hybridized carbons (Fsp3) is 0.333. The molecule has 5 amide bonds. The average Bonchev–Trinajstić information content (AvgIpc) is 3.40. The number of para-hydroxylation sites is 1. The van der Waals surface area contributed by atoms with Crippen LogP contribution in [0, 0.1) is 0 Å². The molecule has 44 heavy (non-hydrogen) atoms. The van der Waals surface area contributed by atoms with Crippen molar-refractivity contribution in [2.45, 2.75) is 62.7 Å². The van der Waals surface area contributed by atoms with Gasteiger partial charge in [-0.3, -0.25) is 24.0 Å². The van der Waals surface area contributed by atoms with Gasteiger partial charge in [0, 0.05) is 42.8 Å². The van der Waals surface area contributed by atoms with Crippen molar-refractivity contribution in [1.82, 2.24) is 20.9 Å². The van der Waals surface area contributed by atoms with Crippen LogP contribution >= 0.6 is 0 Å². The summed E-state index contributed by atoms with van der Waals surface area (Å²) in [6.45, 7) is 0. The van der Waals surface area contributed by atoms with Gasteiger partial charge in [-0.2, -0.15) is 0 Å². The number of H-pyrrole nitrogens is 1. The molecule has 2 aromatic carbocycles. The van der Waals surface area contributed by atoms with Crippen LogP contribution in [0.5, 0.6) is 0 Å². The molecule has 1 heterocycles. The zero-order valence-electron chi connectivity index (χ0n) is 24.0. The zero-order valence-corrected chi connectivity index (χ0v) is 24.0. The van der Waals surface area contributed by atoms with Crippen LogP contribution < -0.4 is 33.2 Å². The summed E-state index contributed by atoms with van der Waals surface area (Å²) in [4.78, 5) is 77.6. The van der Waals surface area contributed by atoms with Crippen LogP contribution in [0.1, 0.15) is 36.8 Å². The highest BCUT2D eigenvalue weighted by atomic mass is 16.4. The SMILES string of the molecule is NC(=O)CCC(N)C(=O)NC(Cc1c[nH]c2ccccc12)C(=O)NC(CCC(N)=O)C(=O)NC(Cc1ccccc1)C(=O)O. The van der Waals surface area contributed by atoms with Crippen molar-refractivity contribution in [3.05, 3.63) is 71.9 Å². The Bertz CT molecular complexity index is 1490. The molecule has 0 spiro atoms. The Labute approximate surface area is 253 Å². The van der Waals surface area contributed by atoms with E-state index in [1.165, 1.54) is 0 Å². The summed E-state index contributed by atoms with van der Waals surface area (Å²) >= 11 is 0. The number of carboxylic acid groups (broad SMARTS) is 1. The number of nitrogens with two attached hydrogens (primary N) is 3. The molecule has 1 aromatic heterocycles. The van der Waals surface area contributed by atoms with Crippen LogP contribution in [-0.2, 0) is 41.6 Å². The molecule has 0 radical (unpaired) electrons. The molecule has 11 N–H and O–H groups in total. The number of aliphatic carboxylic acids is 1. The molecule has 14 heteroatoms. The first-order chi connectivity index (χ1) is 20.9. The van der Waals surface area contributed by atoms with Crippen molar-refractivity contribution in [2.24, 2.45) is 17.2 Å². The third-order valence-electron chi connectivity index (χ3n) is 6.98. The largest absolute Gasteiger partial charge is 0.480 e. The number of nitrogens with one attached hydrogen (secondary N) is 4. The predicted molar refractivity (Wildman–Crippen MR) is 160 cm³/mol. The molecule has 0 bridgehead atoms. The van der Waals surface area contributed by atoms with E-state index in [2.05, 4.69) is 20.9 Å². The van der Waals surface area contributed by atoms with Gasteiger partial charge in [-0.05, 0) is 30.0 Å². The first kappa shape index (κ1) is 33.3. The number of benzene rings is 2. The number of hydrogen-bond acceptors (Lipinski definition) is 7. The Morgan fingerprint density at radius 2 is 1.27 bits per heavy atom. The third kappa shape index (κ3) is 9.94. The van der Waals surface area contributed by atoms with Gasteiger partial charge >= 0.3 is 5.97 Å². The number of aromatic nitrogens is 1. The lowest BCUT2D eigenvalue weighted by Gasteiger charge is -2.25. The molecule has 14 nitrogen and oxygen atoms in total. The van der Waals surface area contributed by atoms with E-state index in [0.29, 0.717) is 11.1 Å². The van der Waals surface area contributed by atoms with Crippen LogP contribution in [-0.4, -0.2) is 69.8 Å². The van der Waals surface area contributed by atoms with E-state index in [-0.39, 0.29) is 38.5 Å². The summed E-state index contributed by atoms with van der Waals surface area (Å²) in [7, 11) is 0. The molecule has 0 saturated carbocycles. The lowest BCUT2D eigenvalue weighted by molar-refractivity contribution is -0.142. The molecule has 0 saturated heterocycles. The Hall–Kier alpha value is -5.24. The number of hydrogen-bond donors (Lipinski definition) is 8. The second-order valence-corrected chi connectivity index (χ2v) is 10.4. The molecule has 4 atom stereocenters. The van der Waals surface area contributed by atoms with Gasteiger partial charge in [-0.15, -0.1) is 0 Å². The highest BCUT2D eigenvalue weighted by molar-refractivity contribution is 5.95. The fourth-order valence-electron chi connectivity index (χ4n) is 4.59. The van der Waals surface area contributed by atoms with Crippen LogP contribution in [0.4, 0.5) is 0 Å². The molecule has 0 fully saturated rings. The summed E-state index contributed by atoms with van der Waals surface area (Å²) in [6.07, 6.45) is 0.938. The molecular weight excluding hydrogens is 570 g/mol. The normalized spacial score (nSPS) is 13.7. The Morgan fingerprint density at radius 1 is 0.705 bits per heavy atom. The summed E-state index contributed by atoms with van der Waals surface area (Å²) in [5, 5.41) is 18.1. The van der Waals surface area contributed by atoms with E-state index in [4.69, 9.17) is 17.2 Å². The minimum Gasteiger partial charge on any atom is -0.480 e. The molecule has 3 aromatic rings. The van der Waals surface area contributed by atoms with E-state index in [1.54, 1.807) is 36.5 Å². The van der Waals surface area contributed by atoms with Crippen molar-refractivity contribution in [3.8, 4) is 0 Å². The molecule has 4 unspecified atom stereocenters. The van der Waals surface area contributed by atoms with Crippen molar-refractivity contribution in [1.29, 1.82) is 0 Å². The van der Waals surface area contributed by atoms with Crippen LogP contribution in [0.15, 0.2) is 60.8 Å². The van der Waals surface area contributed by atoms with Crippen molar-refractivity contribution in [2.75, 3.05) is 0 Å². The van der Waals surface area contributed by atoms with Gasteiger partial charge < -0.3 is 43.2 Å². The van der Waals surface area contributed by atoms with Crippen LogP contribution in [0.25, 0.3) is 10.9 Å². The summed E-state index contributed by atoms with van der Waals surface area (Å²) in [5.74, 6) is -5.03. The van der Waals surface area contributed by atoms with Crippen molar-refractivity contribution in [3.63, 3.8) is 0 Å². The van der Waals surface area contributed by atoms with E-state index < -0.39 is 59.7 Å². The Kier molecular flexibility index (Phi) is 12.0. The topological polar surface area (TPSA) is 253 Å². The Morgan fingerprint density at radius 3 is 1.93 bits per heavy atom. The first-order valence-electron chi connectivity index (χ1n) is 14.0. The molecule has 0 aliphatic rings. The number of carbonyl (C=O) groups is 6. The molecule has 0 aliphatic carbocycles. The summed E-state index contributed by atoms with van der Waals surface area (Å²) in [5.41, 5.74) is 18.5. The lowest BCUT2D eigenvalue weighted by atomic mass is 10.0. The number of carboxylic acids is 1. The van der Waals surface area contributed by atoms with Gasteiger partial charge in [0.2, 0.25) is 29.5 Å². The fourth-order valence-corrected chi connectivity index (χ4v) is 4.59. The predicted octanol–water partition coefficient (Wildman–Crippen LogP) is -0.650. The Balaban J connectivity index is 1.83. The number of rotatable bonds is 17. The third-order valence-corrected chi connectivity index (χ3v) is 6.98. The van der Waals surface area contributed by atoms with E-state index >= 15 is 0 Å². The molecule has 3 rings (SSSR count). The lowest BCUT2D eigenvalue weighted by Crippen LogP contribution is -2.58. The second kappa shape index (κ2) is 15.8. The highest BCUT2D eigenvalue weighted by Crippen LogP contribution is 2.19. The van der Waals surface area contributed by atoms with Gasteiger partial charge in [-0.25, -0.2) is 4.79 Å². The van der Waals surface area contributed by atoms with Gasteiger partial charge in [-0.1, -0.05) is 48.5 Å².